The molecule has 2 fully saturated rings. The molecule has 0 bridgehead atoms. The van der Waals surface area contributed by atoms with E-state index in [1.54, 1.807) is 0 Å². The molecule has 1 aromatic carbocycles. The van der Waals surface area contributed by atoms with Gasteiger partial charge in [-0.25, -0.2) is 13.1 Å². The first kappa shape index (κ1) is 14.8. The molecule has 0 unspecified atom stereocenters. The van der Waals surface area contributed by atoms with Crippen molar-refractivity contribution in [2.45, 2.75) is 30.6 Å². The lowest BCUT2D eigenvalue weighted by Gasteiger charge is -2.16. The van der Waals surface area contributed by atoms with Gasteiger partial charge in [0, 0.05) is 6.54 Å². The van der Waals surface area contributed by atoms with Gasteiger partial charge in [-0.3, -0.25) is 0 Å². The highest BCUT2D eigenvalue weighted by Crippen LogP contribution is 2.48. The number of hydrogen-bond donors (Lipinski definition) is 1. The van der Waals surface area contributed by atoms with Crippen LogP contribution in [-0.4, -0.2) is 15.0 Å². The first-order valence-corrected chi connectivity index (χ1v) is 9.06. The molecule has 2 aliphatic rings. The summed E-state index contributed by atoms with van der Waals surface area (Å²) in [5, 5.41) is 8.89. The van der Waals surface area contributed by atoms with E-state index in [0.717, 1.165) is 0 Å². The van der Waals surface area contributed by atoms with Crippen LogP contribution in [0.15, 0.2) is 23.1 Å². The lowest BCUT2D eigenvalue weighted by Crippen LogP contribution is -2.31. The molecule has 0 aromatic heterocycles. The second kappa shape index (κ2) is 5.60. The van der Waals surface area contributed by atoms with Crippen LogP contribution in [-0.2, 0) is 10.0 Å². The van der Waals surface area contributed by atoms with Crippen molar-refractivity contribution in [3.8, 4) is 6.07 Å². The van der Waals surface area contributed by atoms with Crippen LogP contribution in [0.5, 0.6) is 0 Å². The summed E-state index contributed by atoms with van der Waals surface area (Å²) in [5.41, 5.74) is 0.354. The van der Waals surface area contributed by atoms with Gasteiger partial charge < -0.3 is 0 Å². The highest BCUT2D eigenvalue weighted by molar-refractivity contribution is 7.89. The first-order chi connectivity index (χ1) is 10.0. The molecule has 0 atom stereocenters. The Hall–Kier alpha value is -1.09. The second-order valence-corrected chi connectivity index (χ2v) is 8.09. The molecule has 1 aromatic rings. The summed E-state index contributed by atoms with van der Waals surface area (Å²) in [6.45, 7) is 0.494. The summed E-state index contributed by atoms with van der Waals surface area (Å²) in [5.74, 6) is 1.85. The van der Waals surface area contributed by atoms with E-state index >= 15 is 0 Å². The van der Waals surface area contributed by atoms with Crippen LogP contribution in [0.3, 0.4) is 0 Å². The summed E-state index contributed by atoms with van der Waals surface area (Å²) in [7, 11) is -3.61. The molecule has 0 saturated heterocycles. The highest BCUT2D eigenvalue weighted by atomic mass is 35.5. The normalized spacial score (nSPS) is 18.7. The number of halogens is 1. The largest absolute Gasteiger partial charge is 0.242 e. The molecule has 0 amide bonds. The van der Waals surface area contributed by atoms with Gasteiger partial charge in [0.1, 0.15) is 4.90 Å². The smallest absolute Gasteiger partial charge is 0.211 e. The van der Waals surface area contributed by atoms with E-state index in [1.807, 2.05) is 6.07 Å². The molecular weight excluding hydrogens is 308 g/mol. The number of rotatable bonds is 6. The van der Waals surface area contributed by atoms with Crippen molar-refractivity contribution in [2.24, 2.45) is 17.8 Å². The quantitative estimate of drug-likeness (QED) is 0.874. The second-order valence-electron chi connectivity index (χ2n) is 5.95. The molecule has 3 rings (SSSR count). The molecule has 0 aliphatic heterocycles. The minimum atomic E-state index is -3.61. The van der Waals surface area contributed by atoms with Crippen molar-refractivity contribution < 1.29 is 8.42 Å². The Labute approximate surface area is 130 Å². The average Bonchev–Trinajstić information content (AvgIpc) is 3.31. The molecule has 2 saturated carbocycles. The maximum absolute atomic E-state index is 12.4. The molecule has 4 nitrogen and oxygen atoms in total. The van der Waals surface area contributed by atoms with Gasteiger partial charge in [-0.1, -0.05) is 11.6 Å². The van der Waals surface area contributed by atoms with Crippen LogP contribution < -0.4 is 4.72 Å². The van der Waals surface area contributed by atoms with Gasteiger partial charge in [-0.05, 0) is 61.6 Å². The molecule has 0 heterocycles. The topological polar surface area (TPSA) is 70.0 Å². The molecule has 21 heavy (non-hydrogen) atoms. The standard InChI is InChI=1S/C15H17ClN2O2S/c16-14-7-10(8-17)1-6-15(14)21(19,20)18-9-13(11-2-3-11)12-4-5-12/h1,6-7,11-13,18H,2-5,9H2. The molecule has 2 aliphatic carbocycles. The summed E-state index contributed by atoms with van der Waals surface area (Å²) < 4.78 is 27.4. The minimum absolute atomic E-state index is 0.0495. The molecular formula is C15H17ClN2O2S. The number of nitrogens with one attached hydrogen (secondary N) is 1. The first-order valence-electron chi connectivity index (χ1n) is 7.20. The summed E-state index contributed by atoms with van der Waals surface area (Å²) in [4.78, 5) is 0.0495. The van der Waals surface area contributed by atoms with E-state index in [1.165, 1.54) is 43.9 Å². The van der Waals surface area contributed by atoms with Crippen LogP contribution in [0.2, 0.25) is 5.02 Å². The van der Waals surface area contributed by atoms with Crippen LogP contribution in [0, 0.1) is 29.1 Å². The molecule has 6 heteroatoms. The van der Waals surface area contributed by atoms with Crippen molar-refractivity contribution in [1.29, 1.82) is 5.26 Å². The predicted octanol–water partition coefficient (Wildman–Crippen LogP) is 2.93. The zero-order valence-corrected chi connectivity index (χ0v) is 13.1. The van der Waals surface area contributed by atoms with E-state index in [2.05, 4.69) is 4.72 Å². The SMILES string of the molecule is N#Cc1ccc(S(=O)(=O)NCC(C2CC2)C2CC2)c(Cl)c1. The van der Waals surface area contributed by atoms with Crippen LogP contribution in [0.25, 0.3) is 0 Å². The third kappa shape index (κ3) is 3.39. The molecule has 0 radical (unpaired) electrons. The van der Waals surface area contributed by atoms with Crippen LogP contribution >= 0.6 is 11.6 Å². The highest BCUT2D eigenvalue weighted by Gasteiger charge is 2.41. The predicted molar refractivity (Wildman–Crippen MR) is 80.3 cm³/mol. The number of benzene rings is 1. The van der Waals surface area contributed by atoms with Gasteiger partial charge in [-0.15, -0.1) is 0 Å². The van der Waals surface area contributed by atoms with Gasteiger partial charge >= 0.3 is 0 Å². The van der Waals surface area contributed by atoms with Crippen LogP contribution in [0.1, 0.15) is 31.2 Å². The van der Waals surface area contributed by atoms with Gasteiger partial charge in [0.25, 0.3) is 0 Å². The third-order valence-corrected chi connectivity index (χ3v) is 6.22. The lowest BCUT2D eigenvalue weighted by atomic mass is 9.99. The number of nitriles is 1. The Morgan fingerprint density at radius 1 is 1.29 bits per heavy atom. The van der Waals surface area contributed by atoms with Crippen molar-refractivity contribution in [2.75, 3.05) is 6.54 Å². The van der Waals surface area contributed by atoms with E-state index in [-0.39, 0.29) is 9.92 Å². The van der Waals surface area contributed by atoms with Crippen molar-refractivity contribution >= 4 is 21.6 Å². The summed E-state index contributed by atoms with van der Waals surface area (Å²) >= 11 is 5.99. The lowest BCUT2D eigenvalue weighted by molar-refractivity contribution is 0.401. The fourth-order valence-electron chi connectivity index (χ4n) is 2.84. The maximum Gasteiger partial charge on any atom is 0.242 e. The van der Waals surface area contributed by atoms with Gasteiger partial charge in [0.05, 0.1) is 16.7 Å². The summed E-state index contributed by atoms with van der Waals surface area (Å²) in [6, 6.07) is 6.19. The Kier molecular flexibility index (Phi) is 3.96. The van der Waals surface area contributed by atoms with E-state index in [0.29, 0.717) is 29.9 Å². The van der Waals surface area contributed by atoms with E-state index in [9.17, 15) is 8.42 Å². The molecule has 112 valence electrons. The van der Waals surface area contributed by atoms with Crippen molar-refractivity contribution in [3.63, 3.8) is 0 Å². The average molecular weight is 325 g/mol. The Bertz CT molecular complexity index is 676. The number of sulfonamides is 1. The number of nitrogens with zero attached hydrogens (tertiary/aromatic N) is 1. The minimum Gasteiger partial charge on any atom is -0.211 e. The van der Waals surface area contributed by atoms with Crippen molar-refractivity contribution in [1.82, 2.24) is 4.72 Å². The Balaban J connectivity index is 1.72. The Morgan fingerprint density at radius 2 is 1.90 bits per heavy atom. The zero-order valence-electron chi connectivity index (χ0n) is 11.5. The van der Waals surface area contributed by atoms with Gasteiger partial charge in [-0.2, -0.15) is 5.26 Å². The molecule has 1 N–H and O–H groups in total. The zero-order chi connectivity index (χ0) is 15.0. The monoisotopic (exact) mass is 324 g/mol. The third-order valence-electron chi connectivity index (χ3n) is 4.31. The van der Waals surface area contributed by atoms with Gasteiger partial charge in [0.2, 0.25) is 10.0 Å². The number of hydrogen-bond acceptors (Lipinski definition) is 3. The van der Waals surface area contributed by atoms with Crippen LogP contribution in [0.4, 0.5) is 0 Å². The fraction of sp³-hybridized carbons (Fsp3) is 0.533. The summed E-state index contributed by atoms with van der Waals surface area (Å²) in [6.07, 6.45) is 4.89. The van der Waals surface area contributed by atoms with E-state index < -0.39 is 10.0 Å². The van der Waals surface area contributed by atoms with Gasteiger partial charge in [0.15, 0.2) is 0 Å². The van der Waals surface area contributed by atoms with E-state index in [4.69, 9.17) is 16.9 Å². The van der Waals surface area contributed by atoms with Crippen molar-refractivity contribution in [3.05, 3.63) is 28.8 Å². The molecule has 0 spiro atoms. The Morgan fingerprint density at radius 3 is 2.38 bits per heavy atom. The maximum atomic E-state index is 12.4. The fourth-order valence-corrected chi connectivity index (χ4v) is 4.45.